The molecular formula is C21H30F3NO. The summed E-state index contributed by atoms with van der Waals surface area (Å²) in [5.74, 6) is 0. The van der Waals surface area contributed by atoms with E-state index in [9.17, 15) is 18.3 Å². The fourth-order valence-electron chi connectivity index (χ4n) is 2.22. The first-order valence-corrected chi connectivity index (χ1v) is 9.00. The van der Waals surface area contributed by atoms with Gasteiger partial charge in [0.1, 0.15) is 0 Å². The number of aliphatic hydroxyl groups excluding tert-OH is 1. The van der Waals surface area contributed by atoms with Gasteiger partial charge in [-0.3, -0.25) is 4.90 Å². The molecule has 0 aliphatic rings. The Hall–Kier alpha value is -1.85. The number of rotatable bonds is 6. The van der Waals surface area contributed by atoms with Gasteiger partial charge in [-0.2, -0.15) is 13.2 Å². The predicted octanol–water partition coefficient (Wildman–Crippen LogP) is 5.66. The molecule has 2 aromatic rings. The molecule has 26 heavy (non-hydrogen) atoms. The molecule has 2 rings (SSSR count). The molecule has 146 valence electrons. The second kappa shape index (κ2) is 13.4. The Labute approximate surface area is 155 Å². The van der Waals surface area contributed by atoms with Crippen LogP contribution in [0.4, 0.5) is 13.2 Å². The second-order valence-corrected chi connectivity index (χ2v) is 5.20. The number of hydrogen-bond donors (Lipinski definition) is 1. The largest absolute Gasteiger partial charge is 0.415 e. The zero-order valence-electron chi connectivity index (χ0n) is 16.0. The molecule has 5 heteroatoms. The van der Waals surface area contributed by atoms with Gasteiger partial charge >= 0.3 is 6.18 Å². The molecule has 0 heterocycles. The normalized spacial score (nSPS) is 11.7. The van der Waals surface area contributed by atoms with Gasteiger partial charge in [0.25, 0.3) is 0 Å². The molecule has 0 aromatic heterocycles. The van der Waals surface area contributed by atoms with Crippen molar-refractivity contribution in [2.75, 3.05) is 6.54 Å². The minimum atomic E-state index is -4.61. The van der Waals surface area contributed by atoms with Crippen LogP contribution < -0.4 is 0 Å². The van der Waals surface area contributed by atoms with Crippen molar-refractivity contribution in [1.82, 2.24) is 4.90 Å². The summed E-state index contributed by atoms with van der Waals surface area (Å²) >= 11 is 0. The van der Waals surface area contributed by atoms with Crippen LogP contribution in [0.2, 0.25) is 0 Å². The van der Waals surface area contributed by atoms with Crippen LogP contribution in [-0.2, 0) is 13.1 Å². The van der Waals surface area contributed by atoms with Crippen molar-refractivity contribution >= 4 is 0 Å². The molecule has 0 spiro atoms. The quantitative estimate of drug-likeness (QED) is 0.710. The van der Waals surface area contributed by atoms with Crippen molar-refractivity contribution in [3.05, 3.63) is 71.8 Å². The predicted molar refractivity (Wildman–Crippen MR) is 102 cm³/mol. The van der Waals surface area contributed by atoms with Crippen LogP contribution in [0.25, 0.3) is 0 Å². The lowest BCUT2D eigenvalue weighted by Crippen LogP contribution is -2.40. The molecule has 1 atom stereocenters. The van der Waals surface area contributed by atoms with Gasteiger partial charge in [-0.15, -0.1) is 0 Å². The standard InChI is InChI=1S/C17H18F3NO.2C2H6/c18-17(19,20)16(22)13-21(11-14-7-3-1-4-8-14)12-15-9-5-2-6-10-15;2*1-2/h1-10,16,22H,11-13H2;2*1-2H3. The summed E-state index contributed by atoms with van der Waals surface area (Å²) < 4.78 is 37.8. The number of nitrogens with zero attached hydrogens (tertiary/aromatic N) is 1. The van der Waals surface area contributed by atoms with Crippen molar-refractivity contribution in [1.29, 1.82) is 0 Å². The highest BCUT2D eigenvalue weighted by atomic mass is 19.4. The van der Waals surface area contributed by atoms with Crippen LogP contribution in [0.15, 0.2) is 60.7 Å². The molecule has 0 saturated heterocycles. The Morgan fingerprint density at radius 2 is 1.12 bits per heavy atom. The first-order valence-electron chi connectivity index (χ1n) is 9.00. The highest BCUT2D eigenvalue weighted by molar-refractivity contribution is 5.17. The van der Waals surface area contributed by atoms with E-state index in [4.69, 9.17) is 0 Å². The van der Waals surface area contributed by atoms with E-state index in [1.807, 2.05) is 88.4 Å². The maximum Gasteiger partial charge on any atom is 0.415 e. The third kappa shape index (κ3) is 9.59. The summed E-state index contributed by atoms with van der Waals surface area (Å²) in [5, 5.41) is 9.35. The van der Waals surface area contributed by atoms with Crippen LogP contribution in [-0.4, -0.2) is 28.8 Å². The summed E-state index contributed by atoms with van der Waals surface area (Å²) in [6.07, 6.45) is -6.95. The fraction of sp³-hybridized carbons (Fsp3) is 0.429. The molecule has 0 aliphatic heterocycles. The topological polar surface area (TPSA) is 23.5 Å². The molecular weight excluding hydrogens is 339 g/mol. The summed E-state index contributed by atoms with van der Waals surface area (Å²) in [4.78, 5) is 1.60. The van der Waals surface area contributed by atoms with Crippen molar-refractivity contribution in [3.8, 4) is 0 Å². The van der Waals surface area contributed by atoms with Crippen molar-refractivity contribution in [2.45, 2.75) is 53.1 Å². The van der Waals surface area contributed by atoms with Gasteiger partial charge < -0.3 is 5.11 Å². The van der Waals surface area contributed by atoms with E-state index in [0.717, 1.165) is 11.1 Å². The minimum Gasteiger partial charge on any atom is -0.382 e. The highest BCUT2D eigenvalue weighted by Crippen LogP contribution is 2.22. The third-order valence-electron chi connectivity index (χ3n) is 3.31. The number of benzene rings is 2. The molecule has 2 aromatic carbocycles. The Morgan fingerprint density at radius 1 is 0.769 bits per heavy atom. The molecule has 0 fully saturated rings. The number of alkyl halides is 3. The van der Waals surface area contributed by atoms with Crippen LogP contribution >= 0.6 is 0 Å². The van der Waals surface area contributed by atoms with Gasteiger partial charge in [-0.25, -0.2) is 0 Å². The molecule has 0 saturated carbocycles. The van der Waals surface area contributed by atoms with Gasteiger partial charge in [0.15, 0.2) is 6.10 Å². The van der Waals surface area contributed by atoms with E-state index in [1.165, 1.54) is 0 Å². The third-order valence-corrected chi connectivity index (χ3v) is 3.31. The highest BCUT2D eigenvalue weighted by Gasteiger charge is 2.39. The van der Waals surface area contributed by atoms with E-state index in [1.54, 1.807) is 4.90 Å². The Bertz CT molecular complexity index is 517. The van der Waals surface area contributed by atoms with E-state index in [-0.39, 0.29) is 0 Å². The zero-order chi connectivity index (χ0) is 20.0. The van der Waals surface area contributed by atoms with Gasteiger partial charge in [-0.05, 0) is 11.1 Å². The maximum atomic E-state index is 12.6. The SMILES string of the molecule is CC.CC.OC(CN(Cc1ccccc1)Cc1ccccc1)C(F)(F)F. The lowest BCUT2D eigenvalue weighted by atomic mass is 10.1. The van der Waals surface area contributed by atoms with Gasteiger partial charge in [0, 0.05) is 19.6 Å². The van der Waals surface area contributed by atoms with Gasteiger partial charge in [0.05, 0.1) is 0 Å². The molecule has 1 unspecified atom stereocenters. The lowest BCUT2D eigenvalue weighted by molar-refractivity contribution is -0.208. The van der Waals surface area contributed by atoms with Crippen molar-refractivity contribution in [3.63, 3.8) is 0 Å². The minimum absolute atomic E-state index is 0.350. The fourth-order valence-corrected chi connectivity index (χ4v) is 2.22. The molecule has 0 radical (unpaired) electrons. The van der Waals surface area contributed by atoms with Crippen molar-refractivity contribution in [2.24, 2.45) is 0 Å². The average molecular weight is 369 g/mol. The molecule has 0 bridgehead atoms. The molecule has 2 nitrogen and oxygen atoms in total. The summed E-state index contributed by atoms with van der Waals surface area (Å²) in [5.41, 5.74) is 1.82. The first-order chi connectivity index (χ1) is 12.4. The Kier molecular flexibility index (Phi) is 12.4. The number of halogens is 3. The second-order valence-electron chi connectivity index (χ2n) is 5.20. The number of aliphatic hydroxyl groups is 1. The summed E-state index contributed by atoms with van der Waals surface area (Å²) in [6.45, 7) is 8.25. The Balaban J connectivity index is 0.00000146. The smallest absolute Gasteiger partial charge is 0.382 e. The number of hydrogen-bond acceptors (Lipinski definition) is 2. The van der Waals surface area contributed by atoms with E-state index in [2.05, 4.69) is 0 Å². The van der Waals surface area contributed by atoms with Crippen LogP contribution in [0.3, 0.4) is 0 Å². The molecule has 0 amide bonds. The van der Waals surface area contributed by atoms with Crippen LogP contribution in [0, 0.1) is 0 Å². The van der Waals surface area contributed by atoms with Crippen LogP contribution in [0.5, 0.6) is 0 Å². The average Bonchev–Trinajstić information content (AvgIpc) is 2.66. The van der Waals surface area contributed by atoms with E-state index < -0.39 is 18.8 Å². The van der Waals surface area contributed by atoms with Crippen LogP contribution in [0.1, 0.15) is 38.8 Å². The monoisotopic (exact) mass is 369 g/mol. The van der Waals surface area contributed by atoms with Gasteiger partial charge in [0.2, 0.25) is 0 Å². The van der Waals surface area contributed by atoms with E-state index in [0.29, 0.717) is 13.1 Å². The first kappa shape index (κ1) is 24.1. The summed E-state index contributed by atoms with van der Waals surface area (Å²) in [7, 11) is 0. The lowest BCUT2D eigenvalue weighted by Gasteiger charge is -2.26. The molecule has 0 aliphatic carbocycles. The van der Waals surface area contributed by atoms with Gasteiger partial charge in [-0.1, -0.05) is 88.4 Å². The Morgan fingerprint density at radius 3 is 1.42 bits per heavy atom. The van der Waals surface area contributed by atoms with Crippen molar-refractivity contribution < 1.29 is 18.3 Å². The zero-order valence-corrected chi connectivity index (χ0v) is 16.0. The molecule has 1 N–H and O–H groups in total. The summed E-state index contributed by atoms with van der Waals surface area (Å²) in [6, 6.07) is 18.5. The van der Waals surface area contributed by atoms with E-state index >= 15 is 0 Å². The maximum absolute atomic E-state index is 12.6.